The summed E-state index contributed by atoms with van der Waals surface area (Å²) >= 11 is 0. The van der Waals surface area contributed by atoms with Crippen molar-refractivity contribution >= 4 is 11.9 Å². The molecule has 2 rings (SSSR count). The number of hydrogen-bond donors (Lipinski definition) is 2. The van der Waals surface area contributed by atoms with Crippen molar-refractivity contribution in [1.82, 2.24) is 5.32 Å². The Balaban J connectivity index is 2.03. The topological polar surface area (TPSA) is 66.4 Å². The van der Waals surface area contributed by atoms with Crippen LogP contribution in [0.2, 0.25) is 0 Å². The Kier molecular flexibility index (Phi) is 6.38. The van der Waals surface area contributed by atoms with Crippen LogP contribution in [-0.4, -0.2) is 23.0 Å². The summed E-state index contributed by atoms with van der Waals surface area (Å²) in [6.45, 7) is 0. The van der Waals surface area contributed by atoms with Gasteiger partial charge in [-0.25, -0.2) is 4.79 Å². The Morgan fingerprint density at radius 3 is 2.23 bits per heavy atom. The maximum Gasteiger partial charge on any atom is 0.417 e. The first kappa shape index (κ1) is 19.5. The smallest absolute Gasteiger partial charge is 0.417 e. The molecule has 7 heteroatoms. The van der Waals surface area contributed by atoms with Gasteiger partial charge in [0.1, 0.15) is 6.04 Å². The SMILES string of the molecule is O=C(N[C@H](CCCc1ccccc1)C(=O)O)c1ccccc1C(F)(F)F. The van der Waals surface area contributed by atoms with Crippen LogP contribution in [0, 0.1) is 0 Å². The highest BCUT2D eigenvalue weighted by molar-refractivity contribution is 5.98. The van der Waals surface area contributed by atoms with Crippen LogP contribution in [-0.2, 0) is 17.4 Å². The van der Waals surface area contributed by atoms with Crippen molar-refractivity contribution in [3.8, 4) is 0 Å². The standard InChI is InChI=1S/C19H18F3NO3/c20-19(21,22)15-11-5-4-10-14(15)17(24)23-16(18(25)26)12-6-9-13-7-2-1-3-8-13/h1-5,7-8,10-11,16H,6,9,12H2,(H,23,24)(H,25,26)/t16-/m1/s1. The number of nitrogens with one attached hydrogen (secondary N) is 1. The van der Waals surface area contributed by atoms with Crippen LogP contribution < -0.4 is 5.32 Å². The van der Waals surface area contributed by atoms with Crippen molar-refractivity contribution < 1.29 is 27.9 Å². The molecule has 0 aromatic heterocycles. The molecule has 0 aliphatic rings. The molecular formula is C19H18F3NO3. The van der Waals surface area contributed by atoms with Gasteiger partial charge in [-0.3, -0.25) is 4.79 Å². The molecule has 4 nitrogen and oxygen atoms in total. The number of benzene rings is 2. The van der Waals surface area contributed by atoms with Gasteiger partial charge in [-0.1, -0.05) is 42.5 Å². The molecule has 138 valence electrons. The van der Waals surface area contributed by atoms with E-state index in [1.165, 1.54) is 12.1 Å². The van der Waals surface area contributed by atoms with Crippen LogP contribution in [0.5, 0.6) is 0 Å². The maximum atomic E-state index is 13.0. The van der Waals surface area contributed by atoms with Crippen LogP contribution in [0.4, 0.5) is 13.2 Å². The Hall–Kier alpha value is -2.83. The summed E-state index contributed by atoms with van der Waals surface area (Å²) in [5, 5.41) is 11.5. The zero-order valence-electron chi connectivity index (χ0n) is 13.8. The highest BCUT2D eigenvalue weighted by Crippen LogP contribution is 2.31. The molecule has 2 N–H and O–H groups in total. The molecule has 26 heavy (non-hydrogen) atoms. The molecule has 0 saturated heterocycles. The van der Waals surface area contributed by atoms with Gasteiger partial charge in [-0.15, -0.1) is 0 Å². The first-order valence-electron chi connectivity index (χ1n) is 8.03. The Morgan fingerprint density at radius 1 is 1.00 bits per heavy atom. The van der Waals surface area contributed by atoms with Crippen LogP contribution in [0.3, 0.4) is 0 Å². The van der Waals surface area contributed by atoms with Crippen LogP contribution in [0.25, 0.3) is 0 Å². The molecule has 0 bridgehead atoms. The van der Waals surface area contributed by atoms with Gasteiger partial charge in [-0.05, 0) is 37.0 Å². The fourth-order valence-electron chi connectivity index (χ4n) is 2.58. The third kappa shape index (κ3) is 5.34. The summed E-state index contributed by atoms with van der Waals surface area (Å²) in [6.07, 6.45) is -3.49. The molecule has 0 saturated carbocycles. The van der Waals surface area contributed by atoms with Crippen molar-refractivity contribution in [2.75, 3.05) is 0 Å². The van der Waals surface area contributed by atoms with Crippen LogP contribution in [0.1, 0.15) is 34.3 Å². The lowest BCUT2D eigenvalue weighted by molar-refractivity contribution is -0.139. The van der Waals surface area contributed by atoms with E-state index < -0.39 is 35.2 Å². The normalized spacial score (nSPS) is 12.4. The van der Waals surface area contributed by atoms with E-state index in [9.17, 15) is 27.9 Å². The number of aliphatic carboxylic acids is 1. The van der Waals surface area contributed by atoms with Gasteiger partial charge < -0.3 is 10.4 Å². The number of carboxylic acids is 1. The number of alkyl halides is 3. The minimum absolute atomic E-state index is 0.115. The predicted molar refractivity (Wildman–Crippen MR) is 89.7 cm³/mol. The second-order valence-electron chi connectivity index (χ2n) is 5.79. The minimum Gasteiger partial charge on any atom is -0.480 e. The van der Waals surface area contributed by atoms with Crippen molar-refractivity contribution in [1.29, 1.82) is 0 Å². The number of rotatable bonds is 7. The zero-order chi connectivity index (χ0) is 19.2. The highest BCUT2D eigenvalue weighted by atomic mass is 19.4. The summed E-state index contributed by atoms with van der Waals surface area (Å²) in [5.74, 6) is -2.33. The highest BCUT2D eigenvalue weighted by Gasteiger charge is 2.35. The molecule has 2 aromatic rings. The van der Waals surface area contributed by atoms with Crippen molar-refractivity contribution in [2.45, 2.75) is 31.5 Å². The van der Waals surface area contributed by atoms with Crippen molar-refractivity contribution in [3.05, 3.63) is 71.3 Å². The van der Waals surface area contributed by atoms with E-state index >= 15 is 0 Å². The van der Waals surface area contributed by atoms with E-state index in [-0.39, 0.29) is 6.42 Å². The minimum atomic E-state index is -4.69. The lowest BCUT2D eigenvalue weighted by atomic mass is 10.0. The largest absolute Gasteiger partial charge is 0.480 e. The number of aryl methyl sites for hydroxylation is 1. The molecule has 0 spiro atoms. The Labute approximate surface area is 148 Å². The van der Waals surface area contributed by atoms with Gasteiger partial charge in [0, 0.05) is 0 Å². The average Bonchev–Trinajstić information content (AvgIpc) is 2.60. The summed E-state index contributed by atoms with van der Waals surface area (Å²) < 4.78 is 39.0. The van der Waals surface area contributed by atoms with E-state index in [0.29, 0.717) is 12.8 Å². The lowest BCUT2D eigenvalue weighted by Crippen LogP contribution is -2.41. The fraction of sp³-hybridized carbons (Fsp3) is 0.263. The van der Waals surface area contributed by atoms with E-state index in [0.717, 1.165) is 17.7 Å². The Bertz CT molecular complexity index is 760. The van der Waals surface area contributed by atoms with E-state index in [1.54, 1.807) is 0 Å². The monoisotopic (exact) mass is 365 g/mol. The summed E-state index contributed by atoms with van der Waals surface area (Å²) in [5.41, 5.74) is -0.661. The number of carbonyl (C=O) groups is 2. The molecule has 0 unspecified atom stereocenters. The molecule has 1 atom stereocenters. The van der Waals surface area contributed by atoms with Gasteiger partial charge in [0.2, 0.25) is 0 Å². The summed E-state index contributed by atoms with van der Waals surface area (Å²) in [6, 6.07) is 12.4. The average molecular weight is 365 g/mol. The van der Waals surface area contributed by atoms with E-state index in [1.807, 2.05) is 30.3 Å². The van der Waals surface area contributed by atoms with Crippen LogP contribution in [0.15, 0.2) is 54.6 Å². The van der Waals surface area contributed by atoms with Crippen molar-refractivity contribution in [2.24, 2.45) is 0 Å². The maximum absolute atomic E-state index is 13.0. The second-order valence-corrected chi connectivity index (χ2v) is 5.79. The molecule has 0 aliphatic heterocycles. The molecule has 0 radical (unpaired) electrons. The molecule has 2 aromatic carbocycles. The summed E-state index contributed by atoms with van der Waals surface area (Å²) in [4.78, 5) is 23.5. The molecule has 1 amide bonds. The number of halogens is 3. The molecule has 0 aliphatic carbocycles. The lowest BCUT2D eigenvalue weighted by Gasteiger charge is -2.17. The Morgan fingerprint density at radius 2 is 1.62 bits per heavy atom. The first-order valence-corrected chi connectivity index (χ1v) is 8.03. The number of carbonyl (C=O) groups excluding carboxylic acids is 1. The van der Waals surface area contributed by atoms with E-state index in [2.05, 4.69) is 5.32 Å². The van der Waals surface area contributed by atoms with Crippen molar-refractivity contribution in [3.63, 3.8) is 0 Å². The van der Waals surface area contributed by atoms with E-state index in [4.69, 9.17) is 0 Å². The molecular weight excluding hydrogens is 347 g/mol. The fourth-order valence-corrected chi connectivity index (χ4v) is 2.58. The van der Waals surface area contributed by atoms with Gasteiger partial charge >= 0.3 is 12.1 Å². The zero-order valence-corrected chi connectivity index (χ0v) is 13.8. The summed E-state index contributed by atoms with van der Waals surface area (Å²) in [7, 11) is 0. The predicted octanol–water partition coefficient (Wildman–Crippen LogP) is 3.91. The number of amides is 1. The number of carboxylic acid groups (broad SMARTS) is 1. The van der Waals surface area contributed by atoms with Gasteiger partial charge in [-0.2, -0.15) is 13.2 Å². The van der Waals surface area contributed by atoms with Crippen LogP contribution >= 0.6 is 0 Å². The van der Waals surface area contributed by atoms with Gasteiger partial charge in [0.15, 0.2) is 0 Å². The molecule has 0 heterocycles. The first-order chi connectivity index (χ1) is 12.3. The third-order valence-corrected chi connectivity index (χ3v) is 3.88. The second kappa shape index (κ2) is 8.51. The number of hydrogen-bond acceptors (Lipinski definition) is 2. The quantitative estimate of drug-likeness (QED) is 0.782. The van der Waals surface area contributed by atoms with Gasteiger partial charge in [0.05, 0.1) is 11.1 Å². The molecule has 0 fully saturated rings. The van der Waals surface area contributed by atoms with Gasteiger partial charge in [0.25, 0.3) is 5.91 Å². The third-order valence-electron chi connectivity index (χ3n) is 3.88.